The number of aliphatic hydroxyl groups is 1. The Morgan fingerprint density at radius 3 is 2.00 bits per heavy atom. The molecule has 3 atom stereocenters. The van der Waals surface area contributed by atoms with Gasteiger partial charge in [-0.2, -0.15) is 0 Å². The van der Waals surface area contributed by atoms with Crippen molar-refractivity contribution in [3.8, 4) is 11.5 Å². The number of benzene rings is 3. The molecule has 0 saturated carbocycles. The number of rotatable bonds is 9. The molecule has 9 heteroatoms. The minimum Gasteiger partial charge on any atom is -0.497 e. The van der Waals surface area contributed by atoms with Crippen LogP contribution in [-0.2, 0) is 19.9 Å². The molecule has 3 aromatic rings. The van der Waals surface area contributed by atoms with Crippen molar-refractivity contribution in [1.29, 1.82) is 0 Å². The summed E-state index contributed by atoms with van der Waals surface area (Å²) in [7, 11) is 3.24. The summed E-state index contributed by atoms with van der Waals surface area (Å²) in [5.41, 5.74) is 1.55. The summed E-state index contributed by atoms with van der Waals surface area (Å²) in [6, 6.07) is 24.7. The number of imide groups is 1. The zero-order chi connectivity index (χ0) is 27.4. The first-order valence-electron chi connectivity index (χ1n) is 12.9. The molecule has 2 aliphatic heterocycles. The number of ether oxygens (including phenoxy) is 4. The highest BCUT2D eigenvalue weighted by molar-refractivity contribution is 5.96. The van der Waals surface area contributed by atoms with Crippen LogP contribution in [0.2, 0.25) is 0 Å². The molecule has 2 saturated heterocycles. The molecule has 0 radical (unpaired) electrons. The molecule has 2 aliphatic rings. The van der Waals surface area contributed by atoms with E-state index in [4.69, 9.17) is 18.9 Å². The van der Waals surface area contributed by atoms with Crippen LogP contribution in [0.5, 0.6) is 11.5 Å². The van der Waals surface area contributed by atoms with Gasteiger partial charge in [0.15, 0.2) is 0 Å². The Hall–Kier alpha value is -3.92. The van der Waals surface area contributed by atoms with Crippen LogP contribution in [0.15, 0.2) is 78.9 Å². The Balaban J connectivity index is 1.49. The third kappa shape index (κ3) is 5.34. The quantitative estimate of drug-likeness (QED) is 0.407. The minimum absolute atomic E-state index is 0.0407. The van der Waals surface area contributed by atoms with Crippen LogP contribution in [0.4, 0.5) is 4.79 Å². The molecule has 3 aromatic carbocycles. The van der Waals surface area contributed by atoms with E-state index in [-0.39, 0.29) is 31.9 Å². The maximum Gasteiger partial charge on any atom is 0.326 e. The third-order valence-corrected chi connectivity index (χ3v) is 7.28. The Morgan fingerprint density at radius 1 is 0.897 bits per heavy atom. The van der Waals surface area contributed by atoms with Crippen LogP contribution in [0.1, 0.15) is 29.5 Å². The van der Waals surface area contributed by atoms with Gasteiger partial charge >= 0.3 is 6.03 Å². The summed E-state index contributed by atoms with van der Waals surface area (Å²) in [5, 5.41) is 13.2. The number of carbonyl (C=O) groups excluding carboxylic acids is 2. The molecule has 9 nitrogen and oxygen atoms in total. The van der Waals surface area contributed by atoms with E-state index in [1.807, 2.05) is 78.9 Å². The summed E-state index contributed by atoms with van der Waals surface area (Å²) in [6.07, 6.45) is -1.80. The van der Waals surface area contributed by atoms with E-state index in [0.29, 0.717) is 11.5 Å². The Bertz CT molecular complexity index is 1230. The van der Waals surface area contributed by atoms with Gasteiger partial charge in [-0.25, -0.2) is 4.79 Å². The lowest BCUT2D eigenvalue weighted by atomic mass is 9.80. The van der Waals surface area contributed by atoms with Gasteiger partial charge in [0, 0.05) is 19.4 Å². The molecular formula is C30H32N2O7. The molecule has 204 valence electrons. The smallest absolute Gasteiger partial charge is 0.326 e. The monoisotopic (exact) mass is 532 g/mol. The zero-order valence-corrected chi connectivity index (χ0v) is 21.9. The third-order valence-electron chi connectivity index (χ3n) is 7.28. The molecule has 5 rings (SSSR count). The fraction of sp³-hybridized carbons (Fsp3) is 0.333. The van der Waals surface area contributed by atoms with Crippen LogP contribution >= 0.6 is 0 Å². The number of aliphatic hydroxyl groups excluding tert-OH is 1. The summed E-state index contributed by atoms with van der Waals surface area (Å²) < 4.78 is 23.8. The van der Waals surface area contributed by atoms with Crippen molar-refractivity contribution in [1.82, 2.24) is 10.2 Å². The van der Waals surface area contributed by atoms with Crippen molar-refractivity contribution in [3.63, 3.8) is 0 Å². The van der Waals surface area contributed by atoms with Crippen LogP contribution in [0, 0.1) is 0 Å². The molecule has 2 heterocycles. The highest BCUT2D eigenvalue weighted by Crippen LogP contribution is 2.42. The van der Waals surface area contributed by atoms with Gasteiger partial charge in [0.2, 0.25) is 5.91 Å². The lowest BCUT2D eigenvalue weighted by Gasteiger charge is -2.37. The van der Waals surface area contributed by atoms with E-state index < -0.39 is 30.1 Å². The molecule has 0 aromatic heterocycles. The van der Waals surface area contributed by atoms with Crippen molar-refractivity contribution < 1.29 is 33.6 Å². The molecule has 0 aliphatic carbocycles. The number of carbonyl (C=O) groups is 2. The van der Waals surface area contributed by atoms with Crippen molar-refractivity contribution >= 4 is 11.9 Å². The summed E-state index contributed by atoms with van der Waals surface area (Å²) in [6.45, 7) is 0.278. The average Bonchev–Trinajstić information content (AvgIpc) is 3.34. The normalized spacial score (nSPS) is 21.5. The first-order valence-corrected chi connectivity index (χ1v) is 12.9. The molecule has 39 heavy (non-hydrogen) atoms. The van der Waals surface area contributed by atoms with Gasteiger partial charge < -0.3 is 24.1 Å². The highest BCUT2D eigenvalue weighted by atomic mass is 16.6. The number of amides is 3. The molecule has 0 unspecified atom stereocenters. The van der Waals surface area contributed by atoms with Gasteiger partial charge in [0.1, 0.15) is 29.4 Å². The second-order valence-corrected chi connectivity index (χ2v) is 9.54. The molecule has 0 bridgehead atoms. The van der Waals surface area contributed by atoms with E-state index in [9.17, 15) is 14.7 Å². The van der Waals surface area contributed by atoms with E-state index in [0.717, 1.165) is 16.7 Å². The fourth-order valence-electron chi connectivity index (χ4n) is 5.19. The standard InChI is InChI=1S/C30H32N2O7/c1-36-23-12-8-21(9-13-23)30(20-6-4-3-5-7-20,22-10-14-24(37-2)15-11-22)38-19-26-25(33)18-28(39-26)32-17-16-27(34)31-29(32)35/h3-15,25-26,28,33H,16-19H2,1-2H3,(H,31,34,35)/t25-,26+,28+/m0/s1. The maximum atomic E-state index is 12.4. The topological polar surface area (TPSA) is 107 Å². The minimum atomic E-state index is -1.06. The lowest BCUT2D eigenvalue weighted by Crippen LogP contribution is -2.53. The van der Waals surface area contributed by atoms with Crippen LogP contribution in [0.3, 0.4) is 0 Å². The first-order chi connectivity index (χ1) is 18.9. The summed E-state index contributed by atoms with van der Waals surface area (Å²) in [5.74, 6) is 1.11. The van der Waals surface area contributed by atoms with E-state index in [2.05, 4.69) is 5.32 Å². The van der Waals surface area contributed by atoms with Crippen molar-refractivity contribution in [3.05, 3.63) is 95.6 Å². The van der Waals surface area contributed by atoms with E-state index in [1.54, 1.807) is 14.2 Å². The first kappa shape index (κ1) is 26.7. The number of nitrogens with zero attached hydrogens (tertiary/aromatic N) is 1. The van der Waals surface area contributed by atoms with Gasteiger partial charge in [-0.1, -0.05) is 54.6 Å². The second-order valence-electron chi connectivity index (χ2n) is 9.54. The van der Waals surface area contributed by atoms with E-state index >= 15 is 0 Å². The predicted molar refractivity (Wildman–Crippen MR) is 142 cm³/mol. The van der Waals surface area contributed by atoms with Crippen molar-refractivity contribution in [2.45, 2.75) is 36.9 Å². The van der Waals surface area contributed by atoms with Crippen LogP contribution in [-0.4, -0.2) is 67.8 Å². The Morgan fingerprint density at radius 2 is 1.46 bits per heavy atom. The Labute approximate surface area is 227 Å². The zero-order valence-electron chi connectivity index (χ0n) is 21.9. The SMILES string of the molecule is COc1ccc(C(OC[C@H]2O[C@@H](N3CCC(=O)NC3=O)C[C@@H]2O)(c2ccccc2)c2ccc(OC)cc2)cc1. The molecule has 2 N–H and O–H groups in total. The average molecular weight is 533 g/mol. The van der Waals surface area contributed by atoms with Gasteiger partial charge in [-0.05, 0) is 41.0 Å². The van der Waals surface area contributed by atoms with Gasteiger partial charge in [0.05, 0.1) is 26.9 Å². The maximum absolute atomic E-state index is 12.4. The lowest BCUT2D eigenvalue weighted by molar-refractivity contribution is -0.125. The van der Waals surface area contributed by atoms with Crippen LogP contribution in [0.25, 0.3) is 0 Å². The predicted octanol–water partition coefficient (Wildman–Crippen LogP) is 3.43. The van der Waals surface area contributed by atoms with Gasteiger partial charge in [-0.15, -0.1) is 0 Å². The summed E-state index contributed by atoms with van der Waals surface area (Å²) in [4.78, 5) is 25.4. The number of hydrogen-bond donors (Lipinski definition) is 2. The second kappa shape index (κ2) is 11.4. The van der Waals surface area contributed by atoms with E-state index in [1.165, 1.54) is 4.90 Å². The number of hydrogen-bond acceptors (Lipinski definition) is 7. The molecule has 2 fully saturated rings. The van der Waals surface area contributed by atoms with Gasteiger partial charge in [-0.3, -0.25) is 15.0 Å². The molecule has 0 spiro atoms. The molecular weight excluding hydrogens is 500 g/mol. The number of methoxy groups -OCH3 is 2. The highest BCUT2D eigenvalue weighted by Gasteiger charge is 2.44. The number of nitrogens with one attached hydrogen (secondary N) is 1. The fourth-order valence-corrected chi connectivity index (χ4v) is 5.19. The Kier molecular flexibility index (Phi) is 7.83. The summed E-state index contributed by atoms with van der Waals surface area (Å²) >= 11 is 0. The van der Waals surface area contributed by atoms with Crippen molar-refractivity contribution in [2.75, 3.05) is 27.4 Å². The van der Waals surface area contributed by atoms with Crippen molar-refractivity contribution in [2.24, 2.45) is 0 Å². The number of urea groups is 1. The largest absolute Gasteiger partial charge is 0.497 e. The van der Waals surface area contributed by atoms with Gasteiger partial charge in [0.25, 0.3) is 0 Å². The van der Waals surface area contributed by atoms with Crippen LogP contribution < -0.4 is 14.8 Å². The molecule has 3 amide bonds.